The zero-order chi connectivity index (χ0) is 28.0. The number of aliphatic carboxylic acids is 1. The predicted octanol–water partition coefficient (Wildman–Crippen LogP) is 8.77. The van der Waals surface area contributed by atoms with Crippen molar-refractivity contribution in [3.8, 4) is 0 Å². The first kappa shape index (κ1) is 35.6. The number of carbonyl (C=O) groups is 2. The van der Waals surface area contributed by atoms with Gasteiger partial charge in [0.25, 0.3) is 0 Å². The van der Waals surface area contributed by atoms with Gasteiger partial charge in [0.1, 0.15) is 0 Å². The van der Waals surface area contributed by atoms with Gasteiger partial charge >= 0.3 is 5.97 Å². The van der Waals surface area contributed by atoms with Gasteiger partial charge in [-0.2, -0.15) is 0 Å². The third-order valence-electron chi connectivity index (χ3n) is 8.30. The Hall–Kier alpha value is -1.36. The zero-order valence-electron chi connectivity index (χ0n) is 25.6. The Balaban J connectivity index is 3.79. The Morgan fingerprint density at radius 1 is 0.730 bits per heavy atom. The van der Waals surface area contributed by atoms with Crippen LogP contribution < -0.4 is 5.32 Å². The van der Waals surface area contributed by atoms with Gasteiger partial charge in [0, 0.05) is 26.7 Å². The lowest BCUT2D eigenvalue weighted by molar-refractivity contribution is -0.953. The molecule has 0 aliphatic rings. The number of hydrogen-bond acceptors (Lipinski definition) is 2. The largest absolute Gasteiger partial charge is 0.477 e. The molecule has 0 saturated heterocycles. The van der Waals surface area contributed by atoms with E-state index in [-0.39, 0.29) is 16.6 Å². The van der Waals surface area contributed by atoms with Crippen LogP contribution in [0.25, 0.3) is 0 Å². The van der Waals surface area contributed by atoms with E-state index in [1.165, 1.54) is 96.3 Å². The first-order valence-corrected chi connectivity index (χ1v) is 15.6. The highest BCUT2D eigenvalue weighted by Crippen LogP contribution is 2.26. The fourth-order valence-electron chi connectivity index (χ4n) is 4.79. The summed E-state index contributed by atoms with van der Waals surface area (Å²) in [6.45, 7) is 7.81. The first-order valence-electron chi connectivity index (χ1n) is 15.6. The molecule has 0 bridgehead atoms. The van der Waals surface area contributed by atoms with Crippen LogP contribution in [-0.4, -0.2) is 47.3 Å². The van der Waals surface area contributed by atoms with E-state index in [0.29, 0.717) is 6.42 Å². The lowest BCUT2D eigenvalue weighted by Crippen LogP contribution is -2.69. The van der Waals surface area contributed by atoms with E-state index in [1.807, 2.05) is 14.1 Å². The smallest absolute Gasteiger partial charge is 0.365 e. The van der Waals surface area contributed by atoms with Crippen molar-refractivity contribution in [1.82, 2.24) is 5.32 Å². The van der Waals surface area contributed by atoms with Crippen molar-refractivity contribution in [2.24, 2.45) is 0 Å². The number of rotatable bonds is 25. The highest BCUT2D eigenvalue weighted by Gasteiger charge is 2.48. The maximum Gasteiger partial charge on any atom is 0.365 e. The monoisotopic (exact) mass is 523 g/mol. The number of nitrogens with zero attached hydrogens (tertiary/aromatic N) is 1. The second-order valence-electron chi connectivity index (χ2n) is 12.0. The number of nitrogens with one attached hydrogen (secondary N) is 1. The fraction of sp³-hybridized carbons (Fsp3) is 0.875. The van der Waals surface area contributed by atoms with Gasteiger partial charge in [0.2, 0.25) is 5.91 Å². The maximum absolute atomic E-state index is 12.6. The van der Waals surface area contributed by atoms with Crippen LogP contribution in [0, 0.1) is 0 Å². The van der Waals surface area contributed by atoms with Gasteiger partial charge in [0.15, 0.2) is 11.7 Å². The minimum absolute atomic E-state index is 0.0480. The number of allylic oxidation sites excluding steroid dienone is 2. The first-order chi connectivity index (χ1) is 17.6. The van der Waals surface area contributed by atoms with Crippen molar-refractivity contribution in [3.63, 3.8) is 0 Å². The van der Waals surface area contributed by atoms with Crippen LogP contribution in [0.5, 0.6) is 0 Å². The number of carbonyl (C=O) groups excluding carboxylic acids is 1. The molecule has 1 amide bonds. The molecular formula is C32H63N2O3+. The summed E-state index contributed by atoms with van der Waals surface area (Å²) in [4.78, 5) is 24.4. The molecule has 1 unspecified atom stereocenters. The summed E-state index contributed by atoms with van der Waals surface area (Å²) in [5, 5.41) is 12.8. The normalized spacial score (nSPS) is 13.2. The number of carboxylic acids is 1. The summed E-state index contributed by atoms with van der Waals surface area (Å²) in [7, 11) is 3.81. The molecule has 0 radical (unpaired) electrons. The standard InChI is InChI=1S/C32H62N2O3/c1-7-9-10-11-12-13-14-15-16-17-18-19-20-21-22-23-24-25-26-28-30(35)33-29(27-8-2)34(5,6)32(3,4)31(36)37/h15-16,29H,7-14,17-28H2,1-6H3,(H-,33,35,36,37)/p+1/b16-15-. The summed E-state index contributed by atoms with van der Waals surface area (Å²) in [6.07, 6.45) is 28.6. The van der Waals surface area contributed by atoms with Crippen molar-refractivity contribution >= 4 is 11.9 Å². The molecular weight excluding hydrogens is 460 g/mol. The molecule has 0 spiro atoms. The SMILES string of the molecule is CCCCCCCC/C=C\CCCCCCCCCCCC(=O)NC(CCC)[N+](C)(C)C(C)(C)C(=O)O. The quantitative estimate of drug-likeness (QED) is 0.0544. The van der Waals surface area contributed by atoms with Crippen LogP contribution >= 0.6 is 0 Å². The highest BCUT2D eigenvalue weighted by atomic mass is 16.4. The summed E-state index contributed by atoms with van der Waals surface area (Å²) in [5.74, 6) is -0.796. The Morgan fingerprint density at radius 2 is 1.16 bits per heavy atom. The van der Waals surface area contributed by atoms with Gasteiger partial charge in [-0.05, 0) is 38.5 Å². The second kappa shape index (κ2) is 21.6. The van der Waals surface area contributed by atoms with Crippen LogP contribution in [0.4, 0.5) is 0 Å². The van der Waals surface area contributed by atoms with E-state index < -0.39 is 11.5 Å². The summed E-state index contributed by atoms with van der Waals surface area (Å²) >= 11 is 0. The lowest BCUT2D eigenvalue weighted by atomic mass is 9.98. The van der Waals surface area contributed by atoms with Crippen LogP contribution in [-0.2, 0) is 9.59 Å². The molecule has 218 valence electrons. The average molecular weight is 524 g/mol. The summed E-state index contributed by atoms with van der Waals surface area (Å²) < 4.78 is 0.234. The van der Waals surface area contributed by atoms with E-state index >= 15 is 0 Å². The van der Waals surface area contributed by atoms with E-state index in [0.717, 1.165) is 25.7 Å². The molecule has 37 heavy (non-hydrogen) atoms. The van der Waals surface area contributed by atoms with E-state index in [2.05, 4.69) is 31.3 Å². The molecule has 0 aromatic rings. The molecule has 2 N–H and O–H groups in total. The number of hydrogen-bond donors (Lipinski definition) is 2. The minimum atomic E-state index is -0.975. The topological polar surface area (TPSA) is 66.4 Å². The fourth-order valence-corrected chi connectivity index (χ4v) is 4.79. The third-order valence-corrected chi connectivity index (χ3v) is 8.30. The number of quaternary nitrogens is 1. The lowest BCUT2D eigenvalue weighted by Gasteiger charge is -2.47. The maximum atomic E-state index is 12.6. The van der Waals surface area contributed by atoms with Gasteiger partial charge in [-0.1, -0.05) is 103 Å². The number of carboxylic acid groups (broad SMARTS) is 1. The molecule has 0 heterocycles. The molecule has 0 aromatic carbocycles. The molecule has 0 saturated carbocycles. The molecule has 0 aliphatic heterocycles. The second-order valence-corrected chi connectivity index (χ2v) is 12.0. The number of amides is 1. The van der Waals surface area contributed by atoms with E-state index in [9.17, 15) is 14.7 Å². The Bertz CT molecular complexity index is 613. The van der Waals surface area contributed by atoms with E-state index in [1.54, 1.807) is 13.8 Å². The van der Waals surface area contributed by atoms with Gasteiger partial charge in [0.05, 0.1) is 14.1 Å². The van der Waals surface area contributed by atoms with Gasteiger partial charge in [-0.25, -0.2) is 4.79 Å². The van der Waals surface area contributed by atoms with Gasteiger partial charge in [-0.15, -0.1) is 0 Å². The molecule has 0 rings (SSSR count). The molecule has 0 aromatic heterocycles. The van der Waals surface area contributed by atoms with Crippen molar-refractivity contribution in [2.45, 2.75) is 168 Å². The molecule has 0 fully saturated rings. The number of unbranched alkanes of at least 4 members (excludes halogenated alkanes) is 15. The van der Waals surface area contributed by atoms with Gasteiger partial charge in [-0.3, -0.25) is 9.28 Å². The summed E-state index contributed by atoms with van der Waals surface area (Å²) in [5.41, 5.74) is -0.975. The molecule has 1 atom stereocenters. The van der Waals surface area contributed by atoms with E-state index in [4.69, 9.17) is 0 Å². The molecule has 5 nitrogen and oxygen atoms in total. The zero-order valence-corrected chi connectivity index (χ0v) is 25.6. The van der Waals surface area contributed by atoms with Crippen LogP contribution in [0.15, 0.2) is 12.2 Å². The van der Waals surface area contributed by atoms with Crippen molar-refractivity contribution in [3.05, 3.63) is 12.2 Å². The van der Waals surface area contributed by atoms with Crippen LogP contribution in [0.2, 0.25) is 0 Å². The highest BCUT2D eigenvalue weighted by molar-refractivity contribution is 5.77. The summed E-state index contributed by atoms with van der Waals surface area (Å²) in [6, 6.07) is 0. The van der Waals surface area contributed by atoms with Crippen molar-refractivity contribution in [2.75, 3.05) is 14.1 Å². The van der Waals surface area contributed by atoms with Gasteiger partial charge < -0.3 is 10.4 Å². The molecule has 5 heteroatoms. The van der Waals surface area contributed by atoms with Crippen LogP contribution in [0.3, 0.4) is 0 Å². The van der Waals surface area contributed by atoms with Crippen LogP contribution in [0.1, 0.15) is 156 Å². The Morgan fingerprint density at radius 3 is 1.59 bits per heavy atom. The Kier molecular flexibility index (Phi) is 20.8. The van der Waals surface area contributed by atoms with Crippen molar-refractivity contribution in [1.29, 1.82) is 0 Å². The third kappa shape index (κ3) is 16.3. The predicted molar refractivity (Wildman–Crippen MR) is 159 cm³/mol. The number of likely N-dealkylation sites (N-methyl/N-ethyl adjacent to an activating group) is 1. The average Bonchev–Trinajstić information content (AvgIpc) is 2.84. The Labute approximate surface area is 230 Å². The minimum Gasteiger partial charge on any atom is -0.477 e. The van der Waals surface area contributed by atoms with Crippen molar-refractivity contribution < 1.29 is 19.2 Å². The molecule has 0 aliphatic carbocycles.